The Balaban J connectivity index is 2.52. The van der Waals surface area contributed by atoms with E-state index in [1.54, 1.807) is 34.6 Å². The highest BCUT2D eigenvalue weighted by molar-refractivity contribution is 5.75. The Hall–Kier alpha value is -0.610. The summed E-state index contributed by atoms with van der Waals surface area (Å²) < 4.78 is 5.24. The average Bonchev–Trinajstić information content (AvgIpc) is 2.62. The van der Waals surface area contributed by atoms with E-state index in [-0.39, 0.29) is 5.97 Å². The molecule has 0 aromatic heterocycles. The van der Waals surface area contributed by atoms with E-state index in [0.717, 1.165) is 0 Å². The highest BCUT2D eigenvalue weighted by Crippen LogP contribution is 2.31. The molecule has 1 aliphatic heterocycles. The first-order chi connectivity index (χ1) is 5.73. The van der Waals surface area contributed by atoms with Crippen LogP contribution in [0.5, 0.6) is 0 Å². The molecule has 1 saturated heterocycles. The summed E-state index contributed by atoms with van der Waals surface area (Å²) in [6.07, 6.45) is -0.418. The van der Waals surface area contributed by atoms with Crippen LogP contribution < -0.4 is 0 Å². The third kappa shape index (κ3) is 2.67. The fourth-order valence-corrected chi connectivity index (χ4v) is 0.700. The minimum absolute atomic E-state index is 0.253. The Morgan fingerprint density at radius 1 is 1.15 bits per heavy atom. The van der Waals surface area contributed by atoms with Crippen molar-refractivity contribution >= 4 is 5.97 Å². The van der Waals surface area contributed by atoms with Crippen LogP contribution in [0.3, 0.4) is 0 Å². The molecule has 0 atom stereocenters. The van der Waals surface area contributed by atoms with Gasteiger partial charge in [-0.15, -0.1) is 0 Å². The molecule has 0 aromatic rings. The van der Waals surface area contributed by atoms with Gasteiger partial charge >= 0.3 is 5.97 Å². The van der Waals surface area contributed by atoms with Crippen molar-refractivity contribution in [2.24, 2.45) is 5.41 Å². The first-order valence-corrected chi connectivity index (χ1v) is 4.29. The largest absolute Gasteiger partial charge is 0.454 e. The minimum atomic E-state index is -0.704. The highest BCUT2D eigenvalue weighted by Gasteiger charge is 2.47. The van der Waals surface area contributed by atoms with Gasteiger partial charge in [0, 0.05) is 0 Å². The summed E-state index contributed by atoms with van der Waals surface area (Å²) in [6, 6.07) is 0. The van der Waals surface area contributed by atoms with Gasteiger partial charge in [-0.1, -0.05) is 0 Å². The lowest BCUT2D eigenvalue weighted by molar-refractivity contribution is -0.168. The molecule has 0 N–H and O–H groups in total. The molecule has 0 spiro atoms. The molecule has 76 valence electrons. The van der Waals surface area contributed by atoms with Crippen molar-refractivity contribution in [3.05, 3.63) is 0 Å². The van der Waals surface area contributed by atoms with E-state index in [4.69, 9.17) is 4.74 Å². The lowest BCUT2D eigenvalue weighted by Crippen LogP contribution is -2.38. The summed E-state index contributed by atoms with van der Waals surface area (Å²) in [4.78, 5) is 20.7. The molecular formula is C9H16O4. The normalized spacial score (nSPS) is 18.5. The topological polar surface area (TPSA) is 51.4 Å². The van der Waals surface area contributed by atoms with Crippen molar-refractivity contribution in [1.82, 2.24) is 0 Å². The van der Waals surface area contributed by atoms with Crippen molar-refractivity contribution in [2.75, 3.05) is 0 Å². The Labute approximate surface area is 78.1 Å². The standard InChI is InChI=1S/C9H16O4/c1-8(2,3)6(10)11-9(4,5)7-12-13-7/h7H,1-5H3. The van der Waals surface area contributed by atoms with Gasteiger partial charge in [-0.05, 0) is 34.6 Å². The van der Waals surface area contributed by atoms with Crippen LogP contribution >= 0.6 is 0 Å². The van der Waals surface area contributed by atoms with Gasteiger partial charge in [0.05, 0.1) is 5.41 Å². The molecule has 1 heterocycles. The van der Waals surface area contributed by atoms with E-state index in [9.17, 15) is 4.79 Å². The molecule has 0 saturated carbocycles. The molecule has 4 nitrogen and oxygen atoms in total. The fourth-order valence-electron chi connectivity index (χ4n) is 0.700. The zero-order valence-corrected chi connectivity index (χ0v) is 8.71. The van der Waals surface area contributed by atoms with Crippen LogP contribution in [0, 0.1) is 5.41 Å². The van der Waals surface area contributed by atoms with Crippen LogP contribution in [0.2, 0.25) is 0 Å². The lowest BCUT2D eigenvalue weighted by atomic mass is 9.96. The molecule has 1 rings (SSSR count). The second-order valence-electron chi connectivity index (χ2n) is 4.77. The SMILES string of the molecule is CC(C)(C)C(=O)OC(C)(C)C1OO1. The number of carbonyl (C=O) groups is 1. The van der Waals surface area contributed by atoms with Gasteiger partial charge in [-0.2, -0.15) is 9.78 Å². The van der Waals surface area contributed by atoms with Crippen LogP contribution in [0.4, 0.5) is 0 Å². The molecule has 13 heavy (non-hydrogen) atoms. The van der Waals surface area contributed by atoms with E-state index in [1.807, 2.05) is 0 Å². The molecule has 0 unspecified atom stereocenters. The van der Waals surface area contributed by atoms with Gasteiger partial charge in [0.25, 0.3) is 6.29 Å². The van der Waals surface area contributed by atoms with Crippen LogP contribution in [0.25, 0.3) is 0 Å². The van der Waals surface area contributed by atoms with Gasteiger partial charge in [-0.25, -0.2) is 0 Å². The lowest BCUT2D eigenvalue weighted by Gasteiger charge is -2.25. The van der Waals surface area contributed by atoms with Gasteiger partial charge in [0.15, 0.2) is 5.60 Å². The van der Waals surface area contributed by atoms with Crippen molar-refractivity contribution in [3.63, 3.8) is 0 Å². The zero-order chi connectivity index (χ0) is 10.3. The smallest absolute Gasteiger partial charge is 0.311 e. The summed E-state index contributed by atoms with van der Waals surface area (Å²) in [6.45, 7) is 8.93. The second-order valence-corrected chi connectivity index (χ2v) is 4.77. The molecule has 1 aliphatic rings. The van der Waals surface area contributed by atoms with Crippen molar-refractivity contribution in [2.45, 2.75) is 46.5 Å². The highest BCUT2D eigenvalue weighted by atomic mass is 17.4. The summed E-state index contributed by atoms with van der Waals surface area (Å²) in [5.74, 6) is -0.253. The van der Waals surface area contributed by atoms with Gasteiger partial charge < -0.3 is 4.74 Å². The van der Waals surface area contributed by atoms with E-state index in [0.29, 0.717) is 0 Å². The van der Waals surface area contributed by atoms with Crippen LogP contribution in [0.1, 0.15) is 34.6 Å². The second kappa shape index (κ2) is 2.96. The molecule has 1 fully saturated rings. The van der Waals surface area contributed by atoms with E-state index in [1.165, 1.54) is 0 Å². The predicted octanol–water partition coefficient (Wildman–Crippen LogP) is 1.64. The molecule has 0 radical (unpaired) electrons. The molecule has 0 bridgehead atoms. The number of hydrogen-bond acceptors (Lipinski definition) is 4. The van der Waals surface area contributed by atoms with Crippen LogP contribution in [-0.4, -0.2) is 17.9 Å². The third-order valence-corrected chi connectivity index (χ3v) is 1.73. The van der Waals surface area contributed by atoms with Crippen molar-refractivity contribution in [1.29, 1.82) is 0 Å². The summed E-state index contributed by atoms with van der Waals surface area (Å²) in [5, 5.41) is 0. The number of hydrogen-bond donors (Lipinski definition) is 0. The van der Waals surface area contributed by atoms with Gasteiger partial charge in [0.2, 0.25) is 0 Å². The first-order valence-electron chi connectivity index (χ1n) is 4.29. The Morgan fingerprint density at radius 2 is 1.62 bits per heavy atom. The molecule has 0 aromatic carbocycles. The number of rotatable bonds is 2. The summed E-state index contributed by atoms with van der Waals surface area (Å²) >= 11 is 0. The maximum Gasteiger partial charge on any atom is 0.311 e. The summed E-state index contributed by atoms with van der Waals surface area (Å²) in [5.41, 5.74) is -1.20. The van der Waals surface area contributed by atoms with Gasteiger partial charge in [0.1, 0.15) is 0 Å². The molecular weight excluding hydrogens is 172 g/mol. The Bertz CT molecular complexity index is 210. The van der Waals surface area contributed by atoms with Crippen LogP contribution in [-0.2, 0) is 19.3 Å². The van der Waals surface area contributed by atoms with Crippen molar-refractivity contribution in [3.8, 4) is 0 Å². The van der Waals surface area contributed by atoms with E-state index in [2.05, 4.69) is 9.78 Å². The fraction of sp³-hybridized carbons (Fsp3) is 0.889. The number of ether oxygens (including phenoxy) is 1. The first kappa shape index (κ1) is 10.5. The van der Waals surface area contributed by atoms with Gasteiger partial charge in [-0.3, -0.25) is 4.79 Å². The maximum absolute atomic E-state index is 11.5. The maximum atomic E-state index is 11.5. The Kier molecular flexibility index (Phi) is 2.38. The number of esters is 1. The van der Waals surface area contributed by atoms with E-state index < -0.39 is 17.3 Å². The molecule has 0 aliphatic carbocycles. The molecule has 4 heteroatoms. The third-order valence-electron chi connectivity index (χ3n) is 1.73. The van der Waals surface area contributed by atoms with E-state index >= 15 is 0 Å². The molecule has 0 amide bonds. The van der Waals surface area contributed by atoms with Crippen molar-refractivity contribution < 1.29 is 19.3 Å². The monoisotopic (exact) mass is 188 g/mol. The Morgan fingerprint density at radius 3 is 1.92 bits per heavy atom. The predicted molar refractivity (Wildman–Crippen MR) is 45.6 cm³/mol. The van der Waals surface area contributed by atoms with Crippen LogP contribution in [0.15, 0.2) is 0 Å². The minimum Gasteiger partial charge on any atom is -0.454 e. The average molecular weight is 188 g/mol. The number of carbonyl (C=O) groups excluding carboxylic acids is 1. The summed E-state index contributed by atoms with van der Waals surface area (Å²) in [7, 11) is 0. The zero-order valence-electron chi connectivity index (χ0n) is 8.71. The quantitative estimate of drug-likeness (QED) is 0.375.